The molecule has 2 aromatic heterocycles. The summed E-state index contributed by atoms with van der Waals surface area (Å²) in [6, 6.07) is -0.360. The summed E-state index contributed by atoms with van der Waals surface area (Å²) in [6.45, 7) is -0.860. The van der Waals surface area contributed by atoms with Gasteiger partial charge in [0.15, 0.2) is 23.1 Å². The van der Waals surface area contributed by atoms with Gasteiger partial charge in [0.05, 0.1) is 29.0 Å². The molecular formula is C25H21ClF6N4O4. The Morgan fingerprint density at radius 3 is 2.33 bits per heavy atom. The van der Waals surface area contributed by atoms with Gasteiger partial charge in [-0.15, -0.1) is 0 Å². The zero-order chi connectivity index (χ0) is 29.1. The van der Waals surface area contributed by atoms with Crippen molar-refractivity contribution >= 4 is 34.4 Å². The van der Waals surface area contributed by atoms with Crippen LogP contribution in [0.15, 0.2) is 29.2 Å². The molecule has 1 aliphatic heterocycles. The summed E-state index contributed by atoms with van der Waals surface area (Å²) in [7, 11) is 0. The Kier molecular flexibility index (Phi) is 6.99. The summed E-state index contributed by atoms with van der Waals surface area (Å²) < 4.78 is 85.4. The predicted octanol–water partition coefficient (Wildman–Crippen LogP) is 3.32. The maximum atomic E-state index is 15.2. The number of pyridine rings is 2. The molecule has 214 valence electrons. The van der Waals surface area contributed by atoms with Crippen molar-refractivity contribution in [3.05, 3.63) is 62.7 Å². The third-order valence-electron chi connectivity index (χ3n) is 7.14. The zero-order valence-corrected chi connectivity index (χ0v) is 21.2. The fraction of sp³-hybridized carbons (Fsp3) is 0.400. The lowest BCUT2D eigenvalue weighted by molar-refractivity contribution is -0.158. The number of anilines is 1. The van der Waals surface area contributed by atoms with Crippen LogP contribution in [0.5, 0.6) is 0 Å². The van der Waals surface area contributed by atoms with Crippen LogP contribution in [0.25, 0.3) is 16.7 Å². The van der Waals surface area contributed by atoms with Gasteiger partial charge in [0, 0.05) is 25.4 Å². The molecule has 3 N–H and O–H groups in total. The molecule has 1 saturated heterocycles. The van der Waals surface area contributed by atoms with Crippen molar-refractivity contribution in [2.75, 3.05) is 31.2 Å². The molecule has 1 aliphatic carbocycles. The first-order chi connectivity index (χ1) is 18.8. The third kappa shape index (κ3) is 4.88. The Morgan fingerprint density at radius 1 is 1.12 bits per heavy atom. The first kappa shape index (κ1) is 28.2. The van der Waals surface area contributed by atoms with Crippen molar-refractivity contribution < 1.29 is 41.4 Å². The van der Waals surface area contributed by atoms with E-state index in [9.17, 15) is 37.4 Å². The van der Waals surface area contributed by atoms with Gasteiger partial charge in [0.1, 0.15) is 23.1 Å². The molecule has 2 aliphatic rings. The summed E-state index contributed by atoms with van der Waals surface area (Å²) in [5, 5.41) is 19.8. The highest BCUT2D eigenvalue weighted by Crippen LogP contribution is 2.40. The van der Waals surface area contributed by atoms with Crippen molar-refractivity contribution in [3.63, 3.8) is 0 Å². The van der Waals surface area contributed by atoms with Crippen LogP contribution in [-0.2, 0) is 0 Å². The Hall–Kier alpha value is -3.36. The van der Waals surface area contributed by atoms with E-state index in [-0.39, 0.29) is 31.7 Å². The molecule has 5 rings (SSSR count). The highest BCUT2D eigenvalue weighted by Gasteiger charge is 2.50. The van der Waals surface area contributed by atoms with E-state index >= 15 is 8.78 Å². The maximum absolute atomic E-state index is 15.2. The van der Waals surface area contributed by atoms with Gasteiger partial charge in [-0.05, 0) is 30.9 Å². The predicted molar refractivity (Wildman–Crippen MR) is 131 cm³/mol. The zero-order valence-electron chi connectivity index (χ0n) is 20.4. The van der Waals surface area contributed by atoms with E-state index in [1.54, 1.807) is 0 Å². The molecule has 1 aromatic carbocycles. The monoisotopic (exact) mass is 590 g/mol. The van der Waals surface area contributed by atoms with E-state index in [0.717, 1.165) is 16.8 Å². The molecule has 1 unspecified atom stereocenters. The number of aliphatic hydroxyl groups is 2. The summed E-state index contributed by atoms with van der Waals surface area (Å²) >= 11 is 6.09. The largest absolute Gasteiger partial charge is 0.408 e. The van der Waals surface area contributed by atoms with Gasteiger partial charge in [-0.3, -0.25) is 14.2 Å². The Morgan fingerprint density at radius 2 is 1.77 bits per heavy atom. The Labute approximate surface area is 226 Å². The number of rotatable bonds is 7. The third-order valence-corrected chi connectivity index (χ3v) is 7.42. The Balaban J connectivity index is 1.69. The van der Waals surface area contributed by atoms with E-state index in [4.69, 9.17) is 11.6 Å². The number of aliphatic hydroxyl groups excluding tert-OH is 2. The second-order valence-corrected chi connectivity index (χ2v) is 10.5. The fourth-order valence-corrected chi connectivity index (χ4v) is 5.10. The summed E-state index contributed by atoms with van der Waals surface area (Å²) in [5.41, 5.74) is -4.01. The maximum Gasteiger partial charge on any atom is 0.408 e. The molecule has 0 radical (unpaired) electrons. The van der Waals surface area contributed by atoms with Crippen LogP contribution in [0.2, 0.25) is 5.02 Å². The number of aromatic nitrogens is 2. The molecule has 15 heteroatoms. The van der Waals surface area contributed by atoms with Crippen molar-refractivity contribution in [2.45, 2.75) is 25.1 Å². The highest BCUT2D eigenvalue weighted by molar-refractivity contribution is 6.32. The number of hydrogen-bond donors (Lipinski definition) is 3. The number of alkyl halides is 3. The van der Waals surface area contributed by atoms with Crippen LogP contribution >= 0.6 is 11.6 Å². The second kappa shape index (κ2) is 9.93. The van der Waals surface area contributed by atoms with Crippen LogP contribution < -0.4 is 15.6 Å². The molecule has 40 heavy (non-hydrogen) atoms. The quantitative estimate of drug-likeness (QED) is 0.365. The molecule has 3 aromatic rings. The number of hydrogen-bond acceptors (Lipinski definition) is 6. The second-order valence-electron chi connectivity index (χ2n) is 10.1. The molecular weight excluding hydrogens is 570 g/mol. The van der Waals surface area contributed by atoms with E-state index in [1.807, 2.05) is 5.32 Å². The Bertz CT molecular complexity index is 1540. The molecule has 8 nitrogen and oxygen atoms in total. The highest BCUT2D eigenvalue weighted by atomic mass is 35.5. The van der Waals surface area contributed by atoms with Crippen molar-refractivity contribution in [2.24, 2.45) is 11.3 Å². The van der Waals surface area contributed by atoms with Crippen LogP contribution in [0.4, 0.5) is 32.2 Å². The lowest BCUT2D eigenvalue weighted by atomic mass is 9.81. The molecule has 0 spiro atoms. The van der Waals surface area contributed by atoms with Crippen LogP contribution in [0.3, 0.4) is 0 Å². The van der Waals surface area contributed by atoms with Gasteiger partial charge < -0.3 is 20.4 Å². The average molecular weight is 591 g/mol. The van der Waals surface area contributed by atoms with Gasteiger partial charge >= 0.3 is 6.18 Å². The topological polar surface area (TPSA) is 108 Å². The number of halogens is 7. The number of carbonyl (C=O) groups excluding carboxylic acids is 1. The fourth-order valence-electron chi connectivity index (χ4n) is 4.81. The van der Waals surface area contributed by atoms with Crippen molar-refractivity contribution in [1.29, 1.82) is 0 Å². The van der Waals surface area contributed by atoms with Gasteiger partial charge in [0.2, 0.25) is 5.43 Å². The number of amides is 1. The molecule has 3 heterocycles. The SMILES string of the molecule is O=C(NC(C1CC1)C(F)(F)F)c1cn(-c2c(F)cc(F)cc2Cl)c2nc(N3CC(CO)(CO)C3)c(F)cc2c1=O. The van der Waals surface area contributed by atoms with E-state index in [0.29, 0.717) is 12.1 Å². The first-order valence-electron chi connectivity index (χ1n) is 12.0. The lowest BCUT2D eigenvalue weighted by Crippen LogP contribution is -2.61. The van der Waals surface area contributed by atoms with Crippen molar-refractivity contribution in [3.8, 4) is 5.69 Å². The standard InChI is InChI=1S/C25H21ClF6N4O4/c26-15-3-12(27)4-16(28)18(15)36-6-14(23(40)33-20(11-1-2-11)25(30,31)32)19(39)13-5-17(29)22(34-21(13)36)35-7-24(8-35,9-37)10-38/h3-6,11,20,37-38H,1-2,7-10H2,(H,33,40). The molecule has 0 bridgehead atoms. The van der Waals surface area contributed by atoms with Gasteiger partial charge in [-0.2, -0.15) is 13.2 Å². The summed E-state index contributed by atoms with van der Waals surface area (Å²) in [5.74, 6) is -6.04. The molecule has 2 fully saturated rings. The number of nitrogens with zero attached hydrogens (tertiary/aromatic N) is 3. The van der Waals surface area contributed by atoms with E-state index < -0.39 is 92.9 Å². The normalized spacial score (nSPS) is 17.6. The minimum absolute atomic E-state index is 0.0220. The first-order valence-corrected chi connectivity index (χ1v) is 12.4. The molecule has 1 saturated carbocycles. The molecule has 1 atom stereocenters. The minimum atomic E-state index is -4.81. The summed E-state index contributed by atoms with van der Waals surface area (Å²) in [4.78, 5) is 31.7. The number of carbonyl (C=O) groups is 1. The molecule has 1 amide bonds. The number of fused-ring (bicyclic) bond motifs is 1. The van der Waals surface area contributed by atoms with Crippen LogP contribution in [0, 0.1) is 28.8 Å². The smallest absolute Gasteiger partial charge is 0.396 e. The average Bonchev–Trinajstić information content (AvgIpc) is 3.68. The summed E-state index contributed by atoms with van der Waals surface area (Å²) in [6.07, 6.45) is -3.66. The van der Waals surface area contributed by atoms with Gasteiger partial charge in [-0.1, -0.05) is 11.6 Å². The van der Waals surface area contributed by atoms with Gasteiger partial charge in [-0.25, -0.2) is 18.2 Å². The lowest BCUT2D eigenvalue weighted by Gasteiger charge is -2.48. The van der Waals surface area contributed by atoms with Crippen molar-refractivity contribution in [1.82, 2.24) is 14.9 Å². The number of benzene rings is 1. The van der Waals surface area contributed by atoms with E-state index in [1.165, 1.54) is 4.90 Å². The number of nitrogens with one attached hydrogen (secondary N) is 1. The van der Waals surface area contributed by atoms with Gasteiger partial charge in [0.25, 0.3) is 5.91 Å². The van der Waals surface area contributed by atoms with Crippen LogP contribution in [-0.4, -0.2) is 64.2 Å². The van der Waals surface area contributed by atoms with Crippen LogP contribution in [0.1, 0.15) is 23.2 Å². The van der Waals surface area contributed by atoms with E-state index in [2.05, 4.69) is 4.98 Å². The minimum Gasteiger partial charge on any atom is -0.396 e.